The number of amides is 3. The third kappa shape index (κ3) is 14.2. The lowest BCUT2D eigenvalue weighted by Gasteiger charge is -2.39. The number of methoxy groups -OCH3 is 2. The number of aliphatic imine (C=N–C) groups is 1. The number of amidine groups is 1. The van der Waals surface area contributed by atoms with Gasteiger partial charge in [-0.25, -0.2) is 14.8 Å². The monoisotopic (exact) mass is 1120 g/mol. The minimum atomic E-state index is -0.513. The van der Waals surface area contributed by atoms with Crippen molar-refractivity contribution >= 4 is 73.6 Å². The molecule has 1 saturated heterocycles. The highest BCUT2D eigenvalue weighted by Gasteiger charge is 2.45. The summed E-state index contributed by atoms with van der Waals surface area (Å²) in [6, 6.07) is 31.7. The number of piperazine rings is 1. The number of halogens is 3. The Hall–Kier alpha value is -6.13. The molecule has 8 rings (SSSR count). The molecule has 3 amide bonds. The Morgan fingerprint density at radius 1 is 0.760 bits per heavy atom. The Balaban J connectivity index is 0.796. The van der Waals surface area contributed by atoms with Crippen LogP contribution in [0.1, 0.15) is 105 Å². The van der Waals surface area contributed by atoms with Crippen LogP contribution in [0.4, 0.5) is 10.6 Å². The van der Waals surface area contributed by atoms with Gasteiger partial charge in [-0.05, 0) is 112 Å². The number of benzene rings is 5. The molecule has 17 heteroatoms. The Morgan fingerprint density at radius 2 is 1.45 bits per heavy atom. The van der Waals surface area contributed by atoms with E-state index in [0.717, 1.165) is 76.4 Å². The molecule has 0 bridgehead atoms. The van der Waals surface area contributed by atoms with Gasteiger partial charge in [-0.15, -0.1) is 0 Å². The second-order valence-electron chi connectivity index (χ2n) is 19.3. The SMILES string of the molecule is COc1ccc(C2=N[C@@H](c3ccc(Cl)cc3)[C@@H](c3ccc(Cl)cc3)N2C(=O)N2CCN(CC(=O)NCCCCCCCCOc3cc4nc(C)nc(N[C@H](C)c5cccc(Br)c5)c4cc3OC)CC2)c(OC(C)C)c1. The van der Waals surface area contributed by atoms with E-state index in [1.165, 1.54) is 0 Å². The fourth-order valence-electron chi connectivity index (χ4n) is 9.57. The summed E-state index contributed by atoms with van der Waals surface area (Å²) in [5, 5.41) is 8.75. The van der Waals surface area contributed by atoms with Crippen molar-refractivity contribution in [1.29, 1.82) is 0 Å². The molecule has 5 aromatic carbocycles. The van der Waals surface area contributed by atoms with Gasteiger partial charge >= 0.3 is 6.03 Å². The van der Waals surface area contributed by atoms with Crippen LogP contribution in [0.3, 0.4) is 0 Å². The summed E-state index contributed by atoms with van der Waals surface area (Å²) in [7, 11) is 3.26. The summed E-state index contributed by atoms with van der Waals surface area (Å²) in [6.45, 7) is 11.4. The van der Waals surface area contributed by atoms with Crippen LogP contribution in [-0.2, 0) is 4.79 Å². The number of hydrogen-bond donors (Lipinski definition) is 2. The zero-order chi connectivity index (χ0) is 53.0. The van der Waals surface area contributed by atoms with Gasteiger partial charge in [-0.2, -0.15) is 0 Å². The number of hydrogen-bond acceptors (Lipinski definition) is 11. The second kappa shape index (κ2) is 26.1. The van der Waals surface area contributed by atoms with E-state index in [0.29, 0.717) is 89.6 Å². The van der Waals surface area contributed by atoms with Crippen molar-refractivity contribution in [1.82, 2.24) is 30.0 Å². The molecule has 1 fully saturated rings. The molecule has 0 aliphatic carbocycles. The van der Waals surface area contributed by atoms with Crippen LogP contribution < -0.4 is 29.6 Å². The Bertz CT molecular complexity index is 2940. The largest absolute Gasteiger partial charge is 0.497 e. The molecule has 0 unspecified atom stereocenters. The topological polar surface area (TPSA) is 143 Å². The van der Waals surface area contributed by atoms with Crippen molar-refractivity contribution in [2.75, 3.05) is 65.4 Å². The average molecular weight is 1120 g/mol. The third-order valence-corrected chi connectivity index (χ3v) is 14.4. The van der Waals surface area contributed by atoms with E-state index in [2.05, 4.69) is 50.5 Å². The number of nitrogens with zero attached hydrogens (tertiary/aromatic N) is 6. The number of carbonyl (C=O) groups excluding carboxylic acids is 2. The van der Waals surface area contributed by atoms with E-state index in [-0.39, 0.29) is 30.6 Å². The van der Waals surface area contributed by atoms with Crippen LogP contribution in [0.2, 0.25) is 10.0 Å². The van der Waals surface area contributed by atoms with E-state index in [1.54, 1.807) is 19.1 Å². The lowest BCUT2D eigenvalue weighted by atomic mass is 9.93. The highest BCUT2D eigenvalue weighted by molar-refractivity contribution is 9.10. The van der Waals surface area contributed by atoms with Crippen LogP contribution in [0.15, 0.2) is 113 Å². The van der Waals surface area contributed by atoms with Crippen molar-refractivity contribution in [3.8, 4) is 23.0 Å². The molecule has 1 aromatic heterocycles. The fourth-order valence-corrected chi connectivity index (χ4v) is 10.2. The smallest absolute Gasteiger partial charge is 0.326 e. The number of rotatable bonds is 22. The number of fused-ring (bicyclic) bond motifs is 1. The van der Waals surface area contributed by atoms with E-state index in [9.17, 15) is 4.79 Å². The van der Waals surface area contributed by atoms with Crippen LogP contribution >= 0.6 is 39.1 Å². The molecule has 14 nitrogen and oxygen atoms in total. The Labute approximate surface area is 459 Å². The number of aryl methyl sites for hydroxylation is 1. The minimum absolute atomic E-state index is 0.0138. The first-order valence-corrected chi connectivity index (χ1v) is 27.4. The van der Waals surface area contributed by atoms with Gasteiger partial charge in [0.05, 0.1) is 56.6 Å². The van der Waals surface area contributed by atoms with E-state index in [1.807, 2.05) is 117 Å². The molecule has 75 heavy (non-hydrogen) atoms. The zero-order valence-corrected chi connectivity index (χ0v) is 46.7. The lowest BCUT2D eigenvalue weighted by Crippen LogP contribution is -2.55. The summed E-state index contributed by atoms with van der Waals surface area (Å²) in [5.41, 5.74) is 4.38. The first-order valence-electron chi connectivity index (χ1n) is 25.8. The average Bonchev–Trinajstić information content (AvgIpc) is 3.80. The number of unbranched alkanes of at least 4 members (excludes halogenated alkanes) is 5. The molecule has 3 heterocycles. The Morgan fingerprint density at radius 3 is 2.13 bits per heavy atom. The highest BCUT2D eigenvalue weighted by Crippen LogP contribution is 2.46. The number of aromatic nitrogens is 2. The number of anilines is 1. The zero-order valence-electron chi connectivity index (χ0n) is 43.6. The molecule has 0 saturated carbocycles. The van der Waals surface area contributed by atoms with Gasteiger partial charge in [0.15, 0.2) is 11.5 Å². The summed E-state index contributed by atoms with van der Waals surface area (Å²) in [6.07, 6.45) is 5.87. The molecular formula is C58H67BrCl2N8O6. The van der Waals surface area contributed by atoms with Crippen LogP contribution in [0, 0.1) is 6.92 Å². The van der Waals surface area contributed by atoms with Gasteiger partial charge in [-0.3, -0.25) is 19.6 Å². The van der Waals surface area contributed by atoms with Crippen molar-refractivity contribution in [3.63, 3.8) is 0 Å². The highest BCUT2D eigenvalue weighted by atomic mass is 79.9. The number of carbonyl (C=O) groups is 2. The standard InChI is InChI=1S/C58H67BrCl2N8O6/c1-37(2)75-50-33-46(72-5)24-25-47(50)57-66-54(40-16-20-44(60)21-17-40)55(41-18-22-45(61)23-19-41)69(57)58(71)68-29-27-67(28-30-68)36-53(70)62-26-11-9-7-8-10-12-31-74-52-35-49-48(34-51(52)73-6)56(65-39(4)64-49)63-38(3)42-14-13-15-43(59)32-42/h13-25,32-35,37-38,54-55H,7-12,26-31,36H2,1-6H3,(H,62,70)(H,63,64,65)/t38-,54+,55-/m1/s1. The van der Waals surface area contributed by atoms with Crippen molar-refractivity contribution < 1.29 is 28.5 Å². The first-order chi connectivity index (χ1) is 36.3. The maximum atomic E-state index is 15.1. The molecule has 396 valence electrons. The molecule has 6 aromatic rings. The number of ether oxygens (including phenoxy) is 4. The van der Waals surface area contributed by atoms with Crippen LogP contribution in [0.5, 0.6) is 23.0 Å². The molecule has 2 aliphatic heterocycles. The maximum Gasteiger partial charge on any atom is 0.326 e. The van der Waals surface area contributed by atoms with Crippen LogP contribution in [-0.4, -0.2) is 109 Å². The maximum absolute atomic E-state index is 15.1. The molecular weight excluding hydrogens is 1060 g/mol. The minimum Gasteiger partial charge on any atom is -0.497 e. The van der Waals surface area contributed by atoms with E-state index < -0.39 is 12.1 Å². The third-order valence-electron chi connectivity index (χ3n) is 13.4. The van der Waals surface area contributed by atoms with Gasteiger partial charge < -0.3 is 34.5 Å². The van der Waals surface area contributed by atoms with Crippen molar-refractivity contribution in [2.24, 2.45) is 4.99 Å². The molecule has 2 N–H and O–H groups in total. The molecule has 0 spiro atoms. The summed E-state index contributed by atoms with van der Waals surface area (Å²) in [4.78, 5) is 48.8. The molecule has 0 radical (unpaired) electrons. The van der Waals surface area contributed by atoms with Gasteiger partial charge in [-0.1, -0.05) is 101 Å². The summed E-state index contributed by atoms with van der Waals surface area (Å²) >= 11 is 16.3. The predicted octanol–water partition coefficient (Wildman–Crippen LogP) is 12.8. The van der Waals surface area contributed by atoms with Crippen molar-refractivity contribution in [3.05, 3.63) is 146 Å². The summed E-state index contributed by atoms with van der Waals surface area (Å²) < 4.78 is 25.0. The van der Waals surface area contributed by atoms with Gasteiger partial charge in [0, 0.05) is 64.8 Å². The first kappa shape index (κ1) is 55.1. The van der Waals surface area contributed by atoms with E-state index >= 15 is 4.79 Å². The van der Waals surface area contributed by atoms with Gasteiger partial charge in [0.2, 0.25) is 5.91 Å². The quantitative estimate of drug-likeness (QED) is 0.0631. The second-order valence-corrected chi connectivity index (χ2v) is 21.1. The Kier molecular flexibility index (Phi) is 19.2. The van der Waals surface area contributed by atoms with Crippen molar-refractivity contribution in [2.45, 2.75) is 90.4 Å². The fraction of sp³-hybridized carbons (Fsp3) is 0.397. The predicted molar refractivity (Wildman–Crippen MR) is 302 cm³/mol. The number of nitrogens with one attached hydrogen (secondary N) is 2. The van der Waals surface area contributed by atoms with Gasteiger partial charge in [0.25, 0.3) is 0 Å². The summed E-state index contributed by atoms with van der Waals surface area (Å²) in [5.74, 6) is 4.38. The van der Waals surface area contributed by atoms with Gasteiger partial charge in [0.1, 0.15) is 35.0 Å². The number of urea groups is 1. The normalized spacial score (nSPS) is 16.2. The molecule has 3 atom stereocenters. The van der Waals surface area contributed by atoms with Crippen LogP contribution in [0.25, 0.3) is 10.9 Å². The lowest BCUT2D eigenvalue weighted by molar-refractivity contribution is -0.122. The molecule has 2 aliphatic rings. The van der Waals surface area contributed by atoms with E-state index in [4.69, 9.17) is 57.1 Å².